The van der Waals surface area contributed by atoms with E-state index in [1.807, 2.05) is 25.1 Å². The molecule has 4 nitrogen and oxygen atoms in total. The Labute approximate surface area is 119 Å². The Morgan fingerprint density at radius 1 is 1.25 bits per heavy atom. The molecule has 0 unspecified atom stereocenters. The second-order valence-electron chi connectivity index (χ2n) is 5.20. The van der Waals surface area contributed by atoms with Crippen LogP contribution in [0.15, 0.2) is 30.3 Å². The van der Waals surface area contributed by atoms with Crippen molar-refractivity contribution in [2.24, 2.45) is 0 Å². The molecule has 1 saturated heterocycles. The molecular weight excluding hydrogens is 256 g/mol. The minimum absolute atomic E-state index is 0.0156. The van der Waals surface area contributed by atoms with Crippen molar-refractivity contribution in [2.45, 2.75) is 51.4 Å². The van der Waals surface area contributed by atoms with Gasteiger partial charge in [-0.3, -0.25) is 9.59 Å². The van der Waals surface area contributed by atoms with Crippen molar-refractivity contribution in [1.82, 2.24) is 0 Å². The zero-order valence-electron chi connectivity index (χ0n) is 11.9. The minimum atomic E-state index is -0.352. The number of carbonyl (C=O) groups excluding carboxylic acids is 2. The molecule has 1 aliphatic rings. The van der Waals surface area contributed by atoms with Crippen LogP contribution >= 0.6 is 0 Å². The summed E-state index contributed by atoms with van der Waals surface area (Å²) in [5, 5.41) is 0. The summed E-state index contributed by atoms with van der Waals surface area (Å²) in [6, 6.07) is 9.12. The van der Waals surface area contributed by atoms with Gasteiger partial charge in [0.25, 0.3) is 0 Å². The summed E-state index contributed by atoms with van der Waals surface area (Å²) in [5.74, 6) is -0.313. The molecule has 0 radical (unpaired) electrons. The summed E-state index contributed by atoms with van der Waals surface area (Å²) in [6.45, 7) is 3.36. The van der Waals surface area contributed by atoms with Crippen molar-refractivity contribution in [1.29, 1.82) is 0 Å². The fourth-order valence-corrected chi connectivity index (χ4v) is 2.49. The number of benzene rings is 1. The van der Waals surface area contributed by atoms with Gasteiger partial charge in [-0.1, -0.05) is 30.3 Å². The zero-order chi connectivity index (χ0) is 14.5. The normalized spacial score (nSPS) is 26.0. The van der Waals surface area contributed by atoms with Gasteiger partial charge in [0.15, 0.2) is 5.78 Å². The molecule has 2 rings (SSSR count). The van der Waals surface area contributed by atoms with Gasteiger partial charge in [-0.15, -0.1) is 0 Å². The van der Waals surface area contributed by atoms with Crippen LogP contribution in [-0.2, 0) is 14.3 Å². The number of carbonyl (C=O) groups is 2. The van der Waals surface area contributed by atoms with Crippen LogP contribution in [0.4, 0.5) is 0 Å². The maximum Gasteiger partial charge on any atom is 0.302 e. The van der Waals surface area contributed by atoms with Crippen LogP contribution in [-0.4, -0.2) is 30.1 Å². The van der Waals surface area contributed by atoms with Crippen molar-refractivity contribution in [3.8, 4) is 0 Å². The molecule has 0 amide bonds. The Morgan fingerprint density at radius 3 is 2.60 bits per heavy atom. The number of rotatable bonds is 4. The SMILES string of the molecule is CC(=O)O[C@H]1CC[C@@H](C)O[C@H]1CC(=O)c1ccccc1. The molecule has 20 heavy (non-hydrogen) atoms. The smallest absolute Gasteiger partial charge is 0.302 e. The molecule has 0 aromatic heterocycles. The lowest BCUT2D eigenvalue weighted by Gasteiger charge is -2.34. The third-order valence-corrected chi connectivity index (χ3v) is 3.48. The van der Waals surface area contributed by atoms with Crippen LogP contribution in [0.3, 0.4) is 0 Å². The molecule has 4 heteroatoms. The number of hydrogen-bond acceptors (Lipinski definition) is 4. The largest absolute Gasteiger partial charge is 0.460 e. The second kappa shape index (κ2) is 6.66. The van der Waals surface area contributed by atoms with Crippen LogP contribution in [0.1, 0.15) is 43.5 Å². The molecule has 0 spiro atoms. The van der Waals surface area contributed by atoms with Gasteiger partial charge in [0.1, 0.15) is 12.2 Å². The van der Waals surface area contributed by atoms with Crippen molar-refractivity contribution in [3.05, 3.63) is 35.9 Å². The van der Waals surface area contributed by atoms with Gasteiger partial charge in [0.05, 0.1) is 6.10 Å². The first-order valence-corrected chi connectivity index (χ1v) is 6.97. The van der Waals surface area contributed by atoms with Crippen LogP contribution in [0.2, 0.25) is 0 Å². The summed E-state index contributed by atoms with van der Waals surface area (Å²) in [5.41, 5.74) is 0.663. The van der Waals surface area contributed by atoms with Crippen molar-refractivity contribution in [3.63, 3.8) is 0 Å². The number of Topliss-reactive ketones (excluding diaryl/α,β-unsaturated/α-hetero) is 1. The average molecular weight is 276 g/mol. The molecule has 0 saturated carbocycles. The van der Waals surface area contributed by atoms with Gasteiger partial charge in [-0.05, 0) is 19.8 Å². The molecule has 0 aliphatic carbocycles. The molecule has 1 fully saturated rings. The topological polar surface area (TPSA) is 52.6 Å². The van der Waals surface area contributed by atoms with Crippen LogP contribution < -0.4 is 0 Å². The molecule has 1 heterocycles. The Bertz CT molecular complexity index is 469. The van der Waals surface area contributed by atoms with Crippen molar-refractivity contribution >= 4 is 11.8 Å². The lowest BCUT2D eigenvalue weighted by molar-refractivity contribution is -0.167. The zero-order valence-corrected chi connectivity index (χ0v) is 11.9. The third kappa shape index (κ3) is 3.90. The molecule has 1 aliphatic heterocycles. The fraction of sp³-hybridized carbons (Fsp3) is 0.500. The Kier molecular flexibility index (Phi) is 4.90. The number of esters is 1. The fourth-order valence-electron chi connectivity index (χ4n) is 2.49. The van der Waals surface area contributed by atoms with E-state index in [0.717, 1.165) is 12.8 Å². The maximum atomic E-state index is 12.2. The van der Waals surface area contributed by atoms with E-state index in [9.17, 15) is 9.59 Å². The minimum Gasteiger partial charge on any atom is -0.460 e. The molecule has 1 aromatic carbocycles. The van der Waals surface area contributed by atoms with Gasteiger partial charge in [-0.25, -0.2) is 0 Å². The highest BCUT2D eigenvalue weighted by atomic mass is 16.6. The second-order valence-corrected chi connectivity index (χ2v) is 5.20. The summed E-state index contributed by atoms with van der Waals surface area (Å²) in [6.07, 6.45) is 1.25. The van der Waals surface area contributed by atoms with Crippen molar-refractivity contribution < 1.29 is 19.1 Å². The summed E-state index contributed by atoms with van der Waals surface area (Å²) in [4.78, 5) is 23.4. The highest BCUT2D eigenvalue weighted by molar-refractivity contribution is 5.96. The van der Waals surface area contributed by atoms with E-state index in [2.05, 4.69) is 0 Å². The number of hydrogen-bond donors (Lipinski definition) is 0. The van der Waals surface area contributed by atoms with Gasteiger partial charge in [0.2, 0.25) is 0 Å². The van der Waals surface area contributed by atoms with Gasteiger partial charge < -0.3 is 9.47 Å². The quantitative estimate of drug-likeness (QED) is 0.627. The maximum absolute atomic E-state index is 12.2. The van der Waals surface area contributed by atoms with E-state index < -0.39 is 0 Å². The number of ether oxygens (including phenoxy) is 2. The van der Waals surface area contributed by atoms with Gasteiger partial charge in [-0.2, -0.15) is 0 Å². The molecule has 3 atom stereocenters. The summed E-state index contributed by atoms with van der Waals surface area (Å²) in [7, 11) is 0. The van der Waals surface area contributed by atoms with Gasteiger partial charge >= 0.3 is 5.97 Å². The number of ketones is 1. The summed E-state index contributed by atoms with van der Waals surface area (Å²) >= 11 is 0. The van der Waals surface area contributed by atoms with Crippen LogP contribution in [0.5, 0.6) is 0 Å². The predicted molar refractivity (Wildman–Crippen MR) is 74.5 cm³/mol. The standard InChI is InChI=1S/C16H20O4/c1-11-8-9-15(20-12(2)17)16(19-11)10-14(18)13-6-4-3-5-7-13/h3-7,11,15-16H,8-10H2,1-2H3/t11-,15+,16+/m1/s1. The molecular formula is C16H20O4. The van der Waals surface area contributed by atoms with Crippen LogP contribution in [0.25, 0.3) is 0 Å². The molecule has 0 bridgehead atoms. The lowest BCUT2D eigenvalue weighted by atomic mass is 9.95. The average Bonchev–Trinajstić information content (AvgIpc) is 2.42. The van der Waals surface area contributed by atoms with E-state index >= 15 is 0 Å². The highest BCUT2D eigenvalue weighted by Gasteiger charge is 2.33. The van der Waals surface area contributed by atoms with Crippen molar-refractivity contribution in [2.75, 3.05) is 0 Å². The monoisotopic (exact) mass is 276 g/mol. The highest BCUT2D eigenvalue weighted by Crippen LogP contribution is 2.25. The Morgan fingerprint density at radius 2 is 1.95 bits per heavy atom. The van der Waals surface area contributed by atoms with E-state index in [4.69, 9.17) is 9.47 Å². The third-order valence-electron chi connectivity index (χ3n) is 3.48. The Balaban J connectivity index is 2.03. The van der Waals surface area contributed by atoms with E-state index in [1.54, 1.807) is 12.1 Å². The molecule has 0 N–H and O–H groups in total. The van der Waals surface area contributed by atoms with E-state index in [1.165, 1.54) is 6.92 Å². The first-order valence-electron chi connectivity index (χ1n) is 6.97. The Hall–Kier alpha value is -1.68. The first-order chi connectivity index (χ1) is 9.56. The molecule has 108 valence electrons. The van der Waals surface area contributed by atoms with Gasteiger partial charge in [0, 0.05) is 18.9 Å². The van der Waals surface area contributed by atoms with E-state index in [-0.39, 0.29) is 36.5 Å². The van der Waals surface area contributed by atoms with E-state index in [0.29, 0.717) is 5.56 Å². The summed E-state index contributed by atoms with van der Waals surface area (Å²) < 4.78 is 11.1. The lowest BCUT2D eigenvalue weighted by Crippen LogP contribution is -2.41. The molecule has 1 aromatic rings. The van der Waals surface area contributed by atoms with Crippen LogP contribution in [0, 0.1) is 0 Å². The first kappa shape index (κ1) is 14.7. The predicted octanol–water partition coefficient (Wildman–Crippen LogP) is 2.76.